The van der Waals surface area contributed by atoms with Gasteiger partial charge in [0.15, 0.2) is 0 Å². The molecule has 98 valence electrons. The normalized spacial score (nSPS) is 16.2. The predicted octanol–water partition coefficient (Wildman–Crippen LogP) is 3.91. The molecule has 0 spiro atoms. The van der Waals surface area contributed by atoms with Gasteiger partial charge in [0.05, 0.1) is 0 Å². The lowest BCUT2D eigenvalue weighted by atomic mass is 10.0. The van der Waals surface area contributed by atoms with Crippen molar-refractivity contribution >= 4 is 12.0 Å². The van der Waals surface area contributed by atoms with Crippen molar-refractivity contribution in [3.63, 3.8) is 0 Å². The molecule has 0 saturated heterocycles. The van der Waals surface area contributed by atoms with Crippen LogP contribution in [0.15, 0.2) is 60.2 Å². The van der Waals surface area contributed by atoms with E-state index >= 15 is 0 Å². The summed E-state index contributed by atoms with van der Waals surface area (Å²) in [5, 5.41) is 0. The van der Waals surface area contributed by atoms with Gasteiger partial charge < -0.3 is 4.74 Å². The highest BCUT2D eigenvalue weighted by Gasteiger charge is 2.13. The zero-order valence-corrected chi connectivity index (χ0v) is 11.1. The second-order valence-corrected chi connectivity index (χ2v) is 4.48. The molecule has 2 rings (SSSR count). The molecule has 0 bridgehead atoms. The van der Waals surface area contributed by atoms with E-state index in [1.165, 1.54) is 6.92 Å². The Morgan fingerprint density at radius 1 is 1.26 bits per heavy atom. The molecule has 0 radical (unpaired) electrons. The molecule has 0 heterocycles. The third-order valence-corrected chi connectivity index (χ3v) is 2.91. The number of carbonyl (C=O) groups is 1. The second kappa shape index (κ2) is 6.74. The van der Waals surface area contributed by atoms with E-state index in [1.807, 2.05) is 48.6 Å². The van der Waals surface area contributed by atoms with Gasteiger partial charge in [-0.2, -0.15) is 0 Å². The molecule has 0 amide bonds. The van der Waals surface area contributed by atoms with Crippen molar-refractivity contribution in [2.45, 2.75) is 25.9 Å². The Balaban J connectivity index is 2.14. The molecule has 1 atom stereocenters. The lowest BCUT2D eigenvalue weighted by Crippen LogP contribution is -2.16. The van der Waals surface area contributed by atoms with Gasteiger partial charge in [-0.1, -0.05) is 54.6 Å². The van der Waals surface area contributed by atoms with Crippen molar-refractivity contribution in [2.24, 2.45) is 0 Å². The number of hydrogen-bond donors (Lipinski definition) is 0. The molecule has 0 aliphatic heterocycles. The zero-order valence-electron chi connectivity index (χ0n) is 11.1. The van der Waals surface area contributed by atoms with Gasteiger partial charge in [-0.15, -0.1) is 0 Å². The Kier molecular flexibility index (Phi) is 4.73. The molecular formula is C17H18O2. The van der Waals surface area contributed by atoms with Crippen LogP contribution in [0.3, 0.4) is 0 Å². The first-order valence-corrected chi connectivity index (χ1v) is 6.53. The number of ether oxygens (including phenoxy) is 1. The van der Waals surface area contributed by atoms with Crippen LogP contribution in [0.2, 0.25) is 0 Å². The van der Waals surface area contributed by atoms with Crippen molar-refractivity contribution < 1.29 is 9.53 Å². The summed E-state index contributed by atoms with van der Waals surface area (Å²) in [6, 6.07) is 9.99. The third kappa shape index (κ3) is 4.25. The molecule has 19 heavy (non-hydrogen) atoms. The Morgan fingerprint density at radius 2 is 2.05 bits per heavy atom. The van der Waals surface area contributed by atoms with Crippen LogP contribution in [0.25, 0.3) is 6.08 Å². The van der Waals surface area contributed by atoms with Gasteiger partial charge in [-0.3, -0.25) is 4.79 Å². The first-order chi connectivity index (χ1) is 9.25. The predicted molar refractivity (Wildman–Crippen MR) is 77.5 cm³/mol. The van der Waals surface area contributed by atoms with Crippen LogP contribution in [0, 0.1) is 0 Å². The smallest absolute Gasteiger partial charge is 0.303 e. The van der Waals surface area contributed by atoms with Crippen LogP contribution in [0.5, 0.6) is 0 Å². The molecule has 2 heteroatoms. The highest BCUT2D eigenvalue weighted by Crippen LogP contribution is 2.18. The summed E-state index contributed by atoms with van der Waals surface area (Å²) in [6.45, 7) is 1.44. The van der Waals surface area contributed by atoms with Crippen LogP contribution in [0.4, 0.5) is 0 Å². The van der Waals surface area contributed by atoms with E-state index in [0.717, 1.165) is 24.0 Å². The largest absolute Gasteiger partial charge is 0.453 e. The summed E-state index contributed by atoms with van der Waals surface area (Å²) in [5.41, 5.74) is 2.15. The minimum atomic E-state index is -0.297. The van der Waals surface area contributed by atoms with Gasteiger partial charge in [0.25, 0.3) is 0 Å². The number of carbonyl (C=O) groups excluding carboxylic acids is 1. The number of benzene rings is 1. The highest BCUT2D eigenvalue weighted by atomic mass is 16.5. The topological polar surface area (TPSA) is 26.3 Å². The molecule has 1 aliphatic rings. The molecule has 0 aromatic heterocycles. The Labute approximate surface area is 114 Å². The average Bonchev–Trinajstić information content (AvgIpc) is 2.45. The van der Waals surface area contributed by atoms with Gasteiger partial charge in [-0.05, 0) is 30.1 Å². The minimum Gasteiger partial charge on any atom is -0.453 e. The third-order valence-electron chi connectivity index (χ3n) is 2.91. The van der Waals surface area contributed by atoms with Crippen molar-refractivity contribution in [1.29, 1.82) is 0 Å². The van der Waals surface area contributed by atoms with Gasteiger partial charge in [0.1, 0.15) is 6.10 Å². The maximum Gasteiger partial charge on any atom is 0.303 e. The SMILES string of the molecule is CC(=O)OC(/C=C/c1ccccc1)C1=CCCC=C1. The number of esters is 1. The fraction of sp³-hybridized carbons (Fsp3) is 0.235. The van der Waals surface area contributed by atoms with Crippen LogP contribution in [-0.4, -0.2) is 12.1 Å². The quantitative estimate of drug-likeness (QED) is 0.761. The van der Waals surface area contributed by atoms with E-state index in [9.17, 15) is 4.79 Å². The van der Waals surface area contributed by atoms with E-state index in [2.05, 4.69) is 12.2 Å². The summed E-state index contributed by atoms with van der Waals surface area (Å²) in [4.78, 5) is 11.2. The van der Waals surface area contributed by atoms with Gasteiger partial charge in [0.2, 0.25) is 0 Å². The molecule has 1 aliphatic carbocycles. The molecule has 0 N–H and O–H groups in total. The van der Waals surface area contributed by atoms with Crippen LogP contribution in [-0.2, 0) is 9.53 Å². The molecule has 0 saturated carbocycles. The van der Waals surface area contributed by atoms with Crippen LogP contribution >= 0.6 is 0 Å². The van der Waals surface area contributed by atoms with E-state index in [0.29, 0.717) is 0 Å². The number of rotatable bonds is 4. The molecule has 1 aromatic carbocycles. The van der Waals surface area contributed by atoms with E-state index in [4.69, 9.17) is 4.74 Å². The van der Waals surface area contributed by atoms with Gasteiger partial charge in [-0.25, -0.2) is 0 Å². The Bertz CT molecular complexity index is 509. The van der Waals surface area contributed by atoms with E-state index < -0.39 is 0 Å². The fourth-order valence-corrected chi connectivity index (χ4v) is 2.00. The van der Waals surface area contributed by atoms with Gasteiger partial charge in [0, 0.05) is 6.92 Å². The van der Waals surface area contributed by atoms with Crippen molar-refractivity contribution in [3.8, 4) is 0 Å². The lowest BCUT2D eigenvalue weighted by molar-refractivity contribution is -0.142. The van der Waals surface area contributed by atoms with E-state index in [-0.39, 0.29) is 12.1 Å². The van der Waals surface area contributed by atoms with Crippen molar-refractivity contribution in [2.75, 3.05) is 0 Å². The monoisotopic (exact) mass is 254 g/mol. The molecular weight excluding hydrogens is 236 g/mol. The summed E-state index contributed by atoms with van der Waals surface area (Å²) in [6.07, 6.45) is 11.9. The van der Waals surface area contributed by atoms with Crippen LogP contribution < -0.4 is 0 Å². The maximum absolute atomic E-state index is 11.2. The maximum atomic E-state index is 11.2. The summed E-state index contributed by atoms with van der Waals surface area (Å²) in [5.74, 6) is -0.261. The van der Waals surface area contributed by atoms with Crippen molar-refractivity contribution in [3.05, 3.63) is 65.8 Å². The fourth-order valence-electron chi connectivity index (χ4n) is 2.00. The minimum absolute atomic E-state index is 0.261. The number of hydrogen-bond acceptors (Lipinski definition) is 2. The molecule has 1 aromatic rings. The highest BCUT2D eigenvalue weighted by molar-refractivity contribution is 5.67. The van der Waals surface area contributed by atoms with Crippen molar-refractivity contribution in [1.82, 2.24) is 0 Å². The molecule has 1 unspecified atom stereocenters. The van der Waals surface area contributed by atoms with Crippen LogP contribution in [0.1, 0.15) is 25.3 Å². The zero-order chi connectivity index (χ0) is 13.5. The second-order valence-electron chi connectivity index (χ2n) is 4.48. The van der Waals surface area contributed by atoms with E-state index in [1.54, 1.807) is 0 Å². The molecule has 0 fully saturated rings. The summed E-state index contributed by atoms with van der Waals surface area (Å²) in [7, 11) is 0. The first-order valence-electron chi connectivity index (χ1n) is 6.53. The summed E-state index contributed by atoms with van der Waals surface area (Å²) >= 11 is 0. The average molecular weight is 254 g/mol. The lowest BCUT2D eigenvalue weighted by Gasteiger charge is -2.16. The Morgan fingerprint density at radius 3 is 2.68 bits per heavy atom. The Hall–Kier alpha value is -2.09. The number of allylic oxidation sites excluding steroid dienone is 2. The summed E-state index contributed by atoms with van der Waals surface area (Å²) < 4.78 is 5.37. The molecule has 2 nitrogen and oxygen atoms in total. The van der Waals surface area contributed by atoms with Gasteiger partial charge >= 0.3 is 5.97 Å². The first kappa shape index (κ1) is 13.3. The standard InChI is InChI=1S/C17H18O2/c1-14(18)19-17(16-10-6-3-7-11-16)13-12-15-8-4-2-5-9-15/h2,4-6,8-13,17H,3,7H2,1H3/b13-12+.